The molecule has 5 heteroatoms. The van der Waals surface area contributed by atoms with Gasteiger partial charge in [0.2, 0.25) is 5.91 Å². The Morgan fingerprint density at radius 2 is 2.12 bits per heavy atom. The molecule has 0 aliphatic heterocycles. The van der Waals surface area contributed by atoms with Gasteiger partial charge in [0.1, 0.15) is 4.34 Å². The van der Waals surface area contributed by atoms with Gasteiger partial charge in [-0.15, -0.1) is 11.3 Å². The first-order chi connectivity index (χ1) is 11.6. The van der Waals surface area contributed by atoms with Crippen LogP contribution in [0.25, 0.3) is 0 Å². The molecule has 128 valence electrons. The Kier molecular flexibility index (Phi) is 5.95. The summed E-state index contributed by atoms with van der Waals surface area (Å²) in [7, 11) is 0. The van der Waals surface area contributed by atoms with Crippen LogP contribution in [0.2, 0.25) is 0 Å². The van der Waals surface area contributed by atoms with Crippen LogP contribution in [0.1, 0.15) is 48.1 Å². The topological polar surface area (TPSA) is 42.0 Å². The molecule has 24 heavy (non-hydrogen) atoms. The number of hydrogen-bond acceptors (Lipinski definition) is 4. The van der Waals surface area contributed by atoms with Crippen LogP contribution < -0.4 is 5.32 Å². The van der Waals surface area contributed by atoms with E-state index in [2.05, 4.69) is 42.3 Å². The van der Waals surface area contributed by atoms with E-state index in [1.165, 1.54) is 29.5 Å². The van der Waals surface area contributed by atoms with Gasteiger partial charge in [0.05, 0.1) is 12.1 Å². The molecule has 3 nitrogen and oxygen atoms in total. The summed E-state index contributed by atoms with van der Waals surface area (Å²) in [5, 5.41) is 5.14. The van der Waals surface area contributed by atoms with Crippen molar-refractivity contribution in [3.8, 4) is 0 Å². The molecule has 1 aliphatic carbocycles. The van der Waals surface area contributed by atoms with E-state index in [4.69, 9.17) is 0 Å². The fourth-order valence-electron chi connectivity index (χ4n) is 3.04. The highest BCUT2D eigenvalue weighted by atomic mass is 32.2. The lowest BCUT2D eigenvalue weighted by Gasteiger charge is -2.10. The Morgan fingerprint density at radius 3 is 2.92 bits per heavy atom. The number of carbonyl (C=O) groups excluding carboxylic acids is 1. The SMILES string of the molecule is Cc1ccc(C)c(CSc2nc(CC(=O)NC3CCCC3)cs2)c1. The Morgan fingerprint density at radius 1 is 1.33 bits per heavy atom. The van der Waals surface area contributed by atoms with Crippen LogP contribution in [0.15, 0.2) is 27.9 Å². The van der Waals surface area contributed by atoms with Crippen molar-refractivity contribution in [3.05, 3.63) is 46.0 Å². The lowest BCUT2D eigenvalue weighted by atomic mass is 10.1. The number of carbonyl (C=O) groups is 1. The molecule has 0 bridgehead atoms. The molecule has 1 heterocycles. The predicted octanol–water partition coefficient (Wildman–Crippen LogP) is 4.65. The maximum absolute atomic E-state index is 12.1. The molecular weight excluding hydrogens is 336 g/mol. The normalized spacial score (nSPS) is 14.9. The van der Waals surface area contributed by atoms with Gasteiger partial charge in [-0.2, -0.15) is 0 Å². The summed E-state index contributed by atoms with van der Waals surface area (Å²) >= 11 is 3.39. The molecular formula is C19H24N2OS2. The van der Waals surface area contributed by atoms with Crippen molar-refractivity contribution in [2.75, 3.05) is 0 Å². The van der Waals surface area contributed by atoms with Gasteiger partial charge in [0.15, 0.2) is 0 Å². The van der Waals surface area contributed by atoms with Crippen molar-refractivity contribution in [1.29, 1.82) is 0 Å². The number of rotatable bonds is 6. The van der Waals surface area contributed by atoms with E-state index >= 15 is 0 Å². The molecule has 0 unspecified atom stereocenters. The van der Waals surface area contributed by atoms with Gasteiger partial charge in [0.25, 0.3) is 0 Å². The van der Waals surface area contributed by atoms with E-state index in [1.807, 2.05) is 5.38 Å². The van der Waals surface area contributed by atoms with Crippen LogP contribution in [-0.2, 0) is 17.0 Å². The van der Waals surface area contributed by atoms with Crippen LogP contribution in [0, 0.1) is 13.8 Å². The number of thiazole rings is 1. The number of benzene rings is 1. The van der Waals surface area contributed by atoms with E-state index in [0.29, 0.717) is 12.5 Å². The Bertz CT molecular complexity index is 705. The third-order valence-electron chi connectivity index (χ3n) is 4.45. The Labute approximate surface area is 152 Å². The van der Waals surface area contributed by atoms with Crippen LogP contribution in [0.5, 0.6) is 0 Å². The van der Waals surface area contributed by atoms with E-state index in [1.54, 1.807) is 23.1 Å². The molecule has 2 aromatic rings. The number of hydrogen-bond donors (Lipinski definition) is 1. The van der Waals surface area contributed by atoms with E-state index in [0.717, 1.165) is 28.6 Å². The number of thioether (sulfide) groups is 1. The summed E-state index contributed by atoms with van der Waals surface area (Å²) < 4.78 is 1.04. The molecule has 1 amide bonds. The average molecular weight is 361 g/mol. The number of amides is 1. The minimum atomic E-state index is 0.110. The van der Waals surface area contributed by atoms with E-state index in [9.17, 15) is 4.79 Å². The van der Waals surface area contributed by atoms with Crippen LogP contribution in [-0.4, -0.2) is 16.9 Å². The Hall–Kier alpha value is -1.33. The maximum atomic E-state index is 12.1. The van der Waals surface area contributed by atoms with Gasteiger partial charge in [-0.3, -0.25) is 4.79 Å². The predicted molar refractivity (Wildman–Crippen MR) is 102 cm³/mol. The second-order valence-electron chi connectivity index (χ2n) is 6.55. The lowest BCUT2D eigenvalue weighted by Crippen LogP contribution is -2.33. The van der Waals surface area contributed by atoms with Gasteiger partial charge in [-0.1, -0.05) is 48.4 Å². The second-order valence-corrected chi connectivity index (χ2v) is 8.63. The van der Waals surface area contributed by atoms with Gasteiger partial charge >= 0.3 is 0 Å². The molecule has 1 aliphatic rings. The molecule has 0 atom stereocenters. The summed E-state index contributed by atoms with van der Waals surface area (Å²) in [4.78, 5) is 16.7. The first-order valence-electron chi connectivity index (χ1n) is 8.53. The van der Waals surface area contributed by atoms with E-state index < -0.39 is 0 Å². The largest absolute Gasteiger partial charge is 0.353 e. The first-order valence-corrected chi connectivity index (χ1v) is 10.4. The van der Waals surface area contributed by atoms with Crippen LogP contribution in [0.3, 0.4) is 0 Å². The highest BCUT2D eigenvalue weighted by Gasteiger charge is 2.17. The summed E-state index contributed by atoms with van der Waals surface area (Å²) in [6.45, 7) is 4.27. The molecule has 0 saturated heterocycles. The minimum Gasteiger partial charge on any atom is -0.353 e. The fourth-order valence-corrected chi connectivity index (χ4v) is 4.95. The summed E-state index contributed by atoms with van der Waals surface area (Å²) in [6.07, 6.45) is 5.12. The summed E-state index contributed by atoms with van der Waals surface area (Å²) in [5.41, 5.74) is 4.86. The van der Waals surface area contributed by atoms with Gasteiger partial charge in [-0.25, -0.2) is 4.98 Å². The average Bonchev–Trinajstić information content (AvgIpc) is 3.20. The molecule has 1 N–H and O–H groups in total. The molecule has 1 aromatic carbocycles. The monoisotopic (exact) mass is 360 g/mol. The van der Waals surface area contributed by atoms with Crippen LogP contribution >= 0.6 is 23.1 Å². The highest BCUT2D eigenvalue weighted by molar-refractivity contribution is 8.00. The van der Waals surface area contributed by atoms with Gasteiger partial charge < -0.3 is 5.32 Å². The fraction of sp³-hybridized carbons (Fsp3) is 0.474. The van der Waals surface area contributed by atoms with Crippen molar-refractivity contribution >= 4 is 29.0 Å². The zero-order chi connectivity index (χ0) is 16.9. The number of nitrogens with zero attached hydrogens (tertiary/aromatic N) is 1. The summed E-state index contributed by atoms with van der Waals surface area (Å²) in [5.74, 6) is 1.03. The maximum Gasteiger partial charge on any atom is 0.226 e. The molecule has 1 fully saturated rings. The van der Waals surface area contributed by atoms with Crippen molar-refractivity contribution < 1.29 is 4.79 Å². The van der Waals surface area contributed by atoms with Gasteiger partial charge in [-0.05, 0) is 37.8 Å². The van der Waals surface area contributed by atoms with Crippen molar-refractivity contribution in [3.63, 3.8) is 0 Å². The van der Waals surface area contributed by atoms with Crippen molar-refractivity contribution in [2.24, 2.45) is 0 Å². The third-order valence-corrected chi connectivity index (χ3v) is 6.57. The van der Waals surface area contributed by atoms with Gasteiger partial charge in [0, 0.05) is 17.2 Å². The molecule has 0 spiro atoms. The number of nitrogens with one attached hydrogen (secondary N) is 1. The first kappa shape index (κ1) is 17.5. The smallest absolute Gasteiger partial charge is 0.226 e. The Balaban J connectivity index is 1.51. The van der Waals surface area contributed by atoms with Crippen LogP contribution in [0.4, 0.5) is 0 Å². The zero-order valence-corrected chi connectivity index (χ0v) is 15.9. The molecule has 0 radical (unpaired) electrons. The van der Waals surface area contributed by atoms with E-state index in [-0.39, 0.29) is 5.91 Å². The molecule has 3 rings (SSSR count). The lowest BCUT2D eigenvalue weighted by molar-refractivity contribution is -0.121. The number of aromatic nitrogens is 1. The second kappa shape index (κ2) is 8.17. The third kappa shape index (κ3) is 4.84. The molecule has 1 saturated carbocycles. The molecule has 1 aromatic heterocycles. The minimum absolute atomic E-state index is 0.110. The zero-order valence-electron chi connectivity index (χ0n) is 14.3. The van der Waals surface area contributed by atoms with Crippen molar-refractivity contribution in [2.45, 2.75) is 62.1 Å². The summed E-state index contributed by atoms with van der Waals surface area (Å²) in [6, 6.07) is 6.94. The quantitative estimate of drug-likeness (QED) is 0.762. The standard InChI is InChI=1S/C19H24N2OS2/c1-13-7-8-14(2)15(9-13)11-23-19-21-17(12-24-19)10-18(22)20-16-5-3-4-6-16/h7-9,12,16H,3-6,10-11H2,1-2H3,(H,20,22). The van der Waals surface area contributed by atoms with Crippen molar-refractivity contribution in [1.82, 2.24) is 10.3 Å². The highest BCUT2D eigenvalue weighted by Crippen LogP contribution is 2.28. The number of aryl methyl sites for hydroxylation is 2.